The van der Waals surface area contributed by atoms with Crippen LogP contribution in [-0.4, -0.2) is 34.9 Å². The van der Waals surface area contributed by atoms with E-state index < -0.39 is 0 Å². The number of ether oxygens (including phenoxy) is 1. The highest BCUT2D eigenvalue weighted by Crippen LogP contribution is 2.29. The van der Waals surface area contributed by atoms with E-state index in [1.54, 1.807) is 12.4 Å². The van der Waals surface area contributed by atoms with Crippen LogP contribution in [0.1, 0.15) is 40.4 Å². The summed E-state index contributed by atoms with van der Waals surface area (Å²) in [6.45, 7) is 7.90. The second-order valence-electron chi connectivity index (χ2n) is 7.23. The molecule has 7 heteroatoms. The number of aryl methyl sites for hydroxylation is 2. The molecule has 2 heterocycles. The van der Waals surface area contributed by atoms with Crippen molar-refractivity contribution in [2.24, 2.45) is 11.7 Å². The molecule has 0 saturated carbocycles. The SMILES string of the molecule is Cc1cc(C(=O)N2CC(CN)CC2C)cc(C)c1OCc1cccnc1.Cl.Cl. The van der Waals surface area contributed by atoms with E-state index in [0.29, 0.717) is 19.1 Å². The van der Waals surface area contributed by atoms with Crippen molar-refractivity contribution in [2.75, 3.05) is 13.1 Å². The highest BCUT2D eigenvalue weighted by atomic mass is 35.5. The first-order valence-corrected chi connectivity index (χ1v) is 9.13. The molecule has 1 aliphatic rings. The third-order valence-electron chi connectivity index (χ3n) is 5.07. The molecule has 1 saturated heterocycles. The van der Waals surface area contributed by atoms with Crippen LogP contribution in [0.3, 0.4) is 0 Å². The van der Waals surface area contributed by atoms with Gasteiger partial charge >= 0.3 is 0 Å². The fourth-order valence-electron chi connectivity index (χ4n) is 3.70. The number of amides is 1. The Labute approximate surface area is 179 Å². The number of aromatic nitrogens is 1. The topological polar surface area (TPSA) is 68.5 Å². The van der Waals surface area contributed by atoms with Crippen molar-refractivity contribution in [3.8, 4) is 5.75 Å². The second-order valence-corrected chi connectivity index (χ2v) is 7.23. The van der Waals surface area contributed by atoms with Crippen LogP contribution in [0.15, 0.2) is 36.7 Å². The van der Waals surface area contributed by atoms with E-state index in [1.807, 2.05) is 43.0 Å². The lowest BCUT2D eigenvalue weighted by Gasteiger charge is -2.23. The number of carbonyl (C=O) groups excluding carboxylic acids is 1. The molecule has 2 aromatic rings. The number of benzene rings is 1. The van der Waals surface area contributed by atoms with Crippen molar-refractivity contribution in [3.63, 3.8) is 0 Å². The molecule has 154 valence electrons. The zero-order valence-electron chi connectivity index (χ0n) is 16.6. The summed E-state index contributed by atoms with van der Waals surface area (Å²) >= 11 is 0. The van der Waals surface area contributed by atoms with Crippen LogP contribution >= 0.6 is 24.8 Å². The Hall–Kier alpha value is -1.82. The summed E-state index contributed by atoms with van der Waals surface area (Å²) in [5, 5.41) is 0. The number of rotatable bonds is 5. The van der Waals surface area contributed by atoms with E-state index in [4.69, 9.17) is 10.5 Å². The highest BCUT2D eigenvalue weighted by molar-refractivity contribution is 5.95. The molecule has 2 unspecified atom stereocenters. The number of hydrogen-bond acceptors (Lipinski definition) is 4. The number of hydrogen-bond donors (Lipinski definition) is 1. The Kier molecular flexibility index (Phi) is 9.21. The van der Waals surface area contributed by atoms with Gasteiger partial charge in [0, 0.05) is 36.1 Å². The van der Waals surface area contributed by atoms with Crippen molar-refractivity contribution in [2.45, 2.75) is 39.8 Å². The molecule has 0 bridgehead atoms. The summed E-state index contributed by atoms with van der Waals surface area (Å²) in [6.07, 6.45) is 4.52. The summed E-state index contributed by atoms with van der Waals surface area (Å²) < 4.78 is 5.99. The van der Waals surface area contributed by atoms with Gasteiger partial charge in [-0.25, -0.2) is 0 Å². The summed E-state index contributed by atoms with van der Waals surface area (Å²) in [4.78, 5) is 19.0. The van der Waals surface area contributed by atoms with Gasteiger partial charge in [-0.2, -0.15) is 0 Å². The normalized spacial score (nSPS) is 18.2. The number of nitrogens with two attached hydrogens (primary N) is 1. The van der Waals surface area contributed by atoms with E-state index in [0.717, 1.165) is 41.0 Å². The maximum atomic E-state index is 12.9. The van der Waals surface area contributed by atoms with E-state index in [1.165, 1.54) is 0 Å². The minimum Gasteiger partial charge on any atom is -0.488 e. The highest BCUT2D eigenvalue weighted by Gasteiger charge is 2.32. The largest absolute Gasteiger partial charge is 0.488 e. The predicted molar refractivity (Wildman–Crippen MR) is 117 cm³/mol. The molecule has 0 radical (unpaired) electrons. The van der Waals surface area contributed by atoms with Crippen LogP contribution < -0.4 is 10.5 Å². The number of likely N-dealkylation sites (tertiary alicyclic amines) is 1. The van der Waals surface area contributed by atoms with Gasteiger partial charge in [0.25, 0.3) is 5.91 Å². The number of pyridine rings is 1. The van der Waals surface area contributed by atoms with Crippen LogP contribution in [0.25, 0.3) is 0 Å². The lowest BCUT2D eigenvalue weighted by Crippen LogP contribution is -2.34. The summed E-state index contributed by atoms with van der Waals surface area (Å²) in [5.41, 5.74) is 9.47. The molecular formula is C21H29Cl2N3O2. The zero-order chi connectivity index (χ0) is 18.7. The summed E-state index contributed by atoms with van der Waals surface area (Å²) in [6, 6.07) is 7.97. The molecule has 1 aromatic heterocycles. The fraction of sp³-hybridized carbons (Fsp3) is 0.429. The molecule has 1 amide bonds. The first-order valence-electron chi connectivity index (χ1n) is 9.13. The Morgan fingerprint density at radius 2 is 1.96 bits per heavy atom. The minimum absolute atomic E-state index is 0. The van der Waals surface area contributed by atoms with Gasteiger partial charge in [-0.1, -0.05) is 6.07 Å². The Morgan fingerprint density at radius 3 is 2.50 bits per heavy atom. The molecule has 1 aromatic carbocycles. The molecular weight excluding hydrogens is 397 g/mol. The minimum atomic E-state index is 0. The average molecular weight is 426 g/mol. The van der Waals surface area contributed by atoms with Crippen molar-refractivity contribution < 1.29 is 9.53 Å². The lowest BCUT2D eigenvalue weighted by molar-refractivity contribution is 0.0743. The van der Waals surface area contributed by atoms with Crippen molar-refractivity contribution in [3.05, 3.63) is 58.9 Å². The van der Waals surface area contributed by atoms with Crippen LogP contribution in [0.2, 0.25) is 0 Å². The molecule has 2 N–H and O–H groups in total. The first kappa shape index (κ1) is 24.2. The van der Waals surface area contributed by atoms with Gasteiger partial charge < -0.3 is 15.4 Å². The maximum absolute atomic E-state index is 12.9. The zero-order valence-corrected chi connectivity index (χ0v) is 18.2. The molecule has 3 rings (SSSR count). The van der Waals surface area contributed by atoms with Crippen molar-refractivity contribution in [1.82, 2.24) is 9.88 Å². The van der Waals surface area contributed by atoms with Gasteiger partial charge in [-0.15, -0.1) is 24.8 Å². The van der Waals surface area contributed by atoms with E-state index in [9.17, 15) is 4.79 Å². The van der Waals surface area contributed by atoms with Gasteiger partial charge in [-0.3, -0.25) is 9.78 Å². The van der Waals surface area contributed by atoms with Gasteiger partial charge in [0.15, 0.2) is 0 Å². The van der Waals surface area contributed by atoms with Crippen LogP contribution in [0.5, 0.6) is 5.75 Å². The smallest absolute Gasteiger partial charge is 0.254 e. The molecule has 1 fully saturated rings. The lowest BCUT2D eigenvalue weighted by atomic mass is 10.0. The van der Waals surface area contributed by atoms with Gasteiger partial charge in [0.05, 0.1) is 0 Å². The molecule has 0 spiro atoms. The van der Waals surface area contributed by atoms with Gasteiger partial charge in [0.2, 0.25) is 0 Å². The molecule has 5 nitrogen and oxygen atoms in total. The number of nitrogens with zero attached hydrogens (tertiary/aromatic N) is 2. The quantitative estimate of drug-likeness (QED) is 0.787. The Bertz CT molecular complexity index is 763. The van der Waals surface area contributed by atoms with E-state index >= 15 is 0 Å². The monoisotopic (exact) mass is 425 g/mol. The van der Waals surface area contributed by atoms with Crippen molar-refractivity contribution in [1.29, 1.82) is 0 Å². The van der Waals surface area contributed by atoms with E-state index in [-0.39, 0.29) is 36.8 Å². The maximum Gasteiger partial charge on any atom is 0.254 e. The van der Waals surface area contributed by atoms with Gasteiger partial charge in [0.1, 0.15) is 12.4 Å². The molecule has 28 heavy (non-hydrogen) atoms. The number of carbonyl (C=O) groups is 1. The molecule has 1 aliphatic heterocycles. The molecule has 2 atom stereocenters. The fourth-order valence-corrected chi connectivity index (χ4v) is 3.70. The number of halogens is 2. The third kappa shape index (κ3) is 5.37. The van der Waals surface area contributed by atoms with Crippen LogP contribution in [0, 0.1) is 19.8 Å². The average Bonchev–Trinajstić information content (AvgIpc) is 3.02. The standard InChI is InChI=1S/C21H27N3O2.2ClH/c1-14-7-19(21(25)24-12-18(10-22)9-16(24)3)8-15(2)20(14)26-13-17-5-4-6-23-11-17;;/h4-8,11,16,18H,9-10,12-13,22H2,1-3H3;2*1H. The van der Waals surface area contributed by atoms with Crippen molar-refractivity contribution >= 4 is 30.7 Å². The summed E-state index contributed by atoms with van der Waals surface area (Å²) in [5.74, 6) is 1.32. The first-order chi connectivity index (χ1) is 12.5. The van der Waals surface area contributed by atoms with E-state index in [2.05, 4.69) is 11.9 Å². The molecule has 0 aliphatic carbocycles. The third-order valence-corrected chi connectivity index (χ3v) is 5.07. The second kappa shape index (κ2) is 10.6. The Morgan fingerprint density at radius 1 is 1.29 bits per heavy atom. The van der Waals surface area contributed by atoms with Gasteiger partial charge in [-0.05, 0) is 69.0 Å². The predicted octanol–water partition coefficient (Wildman–Crippen LogP) is 3.93. The Balaban J connectivity index is 0.00000196. The van der Waals surface area contributed by atoms with Crippen LogP contribution in [-0.2, 0) is 6.61 Å². The van der Waals surface area contributed by atoms with Crippen LogP contribution in [0.4, 0.5) is 0 Å². The summed E-state index contributed by atoms with van der Waals surface area (Å²) in [7, 11) is 0.